The minimum atomic E-state index is 0.430. The number of rotatable bonds is 3. The second kappa shape index (κ2) is 4.69. The van der Waals surface area contributed by atoms with Crippen LogP contribution >= 0.6 is 0 Å². The number of nitrogens with one attached hydrogen (secondary N) is 1. The molecule has 1 aromatic rings. The predicted octanol–water partition coefficient (Wildman–Crippen LogP) is 3.68. The molecule has 0 aliphatic heterocycles. The van der Waals surface area contributed by atoms with Gasteiger partial charge < -0.3 is 9.84 Å². The van der Waals surface area contributed by atoms with Crippen LogP contribution in [0.1, 0.15) is 58.4 Å². The zero-order valence-corrected chi connectivity index (χ0v) is 12.3. The van der Waals surface area contributed by atoms with Crippen molar-refractivity contribution in [1.29, 1.82) is 0 Å². The highest BCUT2D eigenvalue weighted by Crippen LogP contribution is 2.45. The van der Waals surface area contributed by atoms with Crippen molar-refractivity contribution in [1.82, 2.24) is 10.5 Å². The summed E-state index contributed by atoms with van der Waals surface area (Å²) >= 11 is 0. The van der Waals surface area contributed by atoms with E-state index < -0.39 is 0 Å². The number of hydrogen-bond acceptors (Lipinski definition) is 3. The van der Waals surface area contributed by atoms with Crippen LogP contribution in [0.5, 0.6) is 0 Å². The minimum Gasteiger partial charge on any atom is -0.361 e. The fourth-order valence-electron chi connectivity index (χ4n) is 3.74. The molecule has 0 radical (unpaired) electrons. The van der Waals surface area contributed by atoms with E-state index in [1.54, 1.807) is 0 Å². The van der Waals surface area contributed by atoms with Crippen molar-refractivity contribution < 1.29 is 4.52 Å². The van der Waals surface area contributed by atoms with Crippen molar-refractivity contribution in [3.05, 3.63) is 17.5 Å². The zero-order valence-electron chi connectivity index (χ0n) is 12.3. The van der Waals surface area contributed by atoms with Gasteiger partial charge in [-0.25, -0.2) is 0 Å². The fraction of sp³-hybridized carbons (Fsp3) is 0.800. The van der Waals surface area contributed by atoms with E-state index in [4.69, 9.17) is 4.52 Å². The summed E-state index contributed by atoms with van der Waals surface area (Å²) < 4.78 is 5.10. The Morgan fingerprint density at radius 3 is 2.39 bits per heavy atom. The average Bonchev–Trinajstić information content (AvgIpc) is 2.56. The average molecular weight is 250 g/mol. The molecule has 1 aliphatic rings. The fourth-order valence-corrected chi connectivity index (χ4v) is 3.74. The Labute approximate surface area is 110 Å². The second-order valence-corrected chi connectivity index (χ2v) is 7.42. The standard InChI is InChI=1S/C15H26N2O/c1-11-6-12(17-18-11)9-16-13-7-14(2,3)10-15(4,5)8-13/h6,13,16H,7-10H2,1-5H3. The second-order valence-electron chi connectivity index (χ2n) is 7.42. The van der Waals surface area contributed by atoms with Gasteiger partial charge in [-0.2, -0.15) is 0 Å². The maximum Gasteiger partial charge on any atom is 0.133 e. The molecule has 0 atom stereocenters. The largest absolute Gasteiger partial charge is 0.361 e. The molecule has 1 aromatic heterocycles. The smallest absolute Gasteiger partial charge is 0.133 e. The summed E-state index contributed by atoms with van der Waals surface area (Å²) in [6.45, 7) is 12.3. The van der Waals surface area contributed by atoms with E-state index in [0.717, 1.165) is 18.0 Å². The van der Waals surface area contributed by atoms with Crippen molar-refractivity contribution in [3.63, 3.8) is 0 Å². The van der Waals surface area contributed by atoms with Gasteiger partial charge >= 0.3 is 0 Å². The van der Waals surface area contributed by atoms with Crippen LogP contribution in [-0.4, -0.2) is 11.2 Å². The lowest BCUT2D eigenvalue weighted by Gasteiger charge is -2.45. The molecule has 0 spiro atoms. The van der Waals surface area contributed by atoms with E-state index in [9.17, 15) is 0 Å². The van der Waals surface area contributed by atoms with E-state index in [2.05, 4.69) is 38.2 Å². The molecular weight excluding hydrogens is 224 g/mol. The van der Waals surface area contributed by atoms with Crippen LogP contribution in [0, 0.1) is 17.8 Å². The Kier molecular flexibility index (Phi) is 3.54. The van der Waals surface area contributed by atoms with Gasteiger partial charge in [-0.05, 0) is 37.0 Å². The van der Waals surface area contributed by atoms with E-state index in [1.807, 2.05) is 13.0 Å². The van der Waals surface area contributed by atoms with E-state index in [0.29, 0.717) is 16.9 Å². The van der Waals surface area contributed by atoms with Crippen molar-refractivity contribution in [2.45, 2.75) is 66.5 Å². The first-order chi connectivity index (χ1) is 8.26. The molecule has 0 bridgehead atoms. The first-order valence-corrected chi connectivity index (χ1v) is 6.91. The molecule has 3 heteroatoms. The van der Waals surface area contributed by atoms with Gasteiger partial charge in [0.15, 0.2) is 0 Å². The van der Waals surface area contributed by atoms with Crippen molar-refractivity contribution in [2.75, 3.05) is 0 Å². The van der Waals surface area contributed by atoms with E-state index in [-0.39, 0.29) is 0 Å². The monoisotopic (exact) mass is 250 g/mol. The van der Waals surface area contributed by atoms with Gasteiger partial charge in [0.1, 0.15) is 5.76 Å². The predicted molar refractivity (Wildman–Crippen MR) is 73.3 cm³/mol. The van der Waals surface area contributed by atoms with Crippen molar-refractivity contribution >= 4 is 0 Å². The topological polar surface area (TPSA) is 38.1 Å². The quantitative estimate of drug-likeness (QED) is 0.889. The van der Waals surface area contributed by atoms with Gasteiger partial charge in [0.05, 0.1) is 5.69 Å². The van der Waals surface area contributed by atoms with Crippen LogP contribution < -0.4 is 5.32 Å². The van der Waals surface area contributed by atoms with E-state index in [1.165, 1.54) is 19.3 Å². The number of aromatic nitrogens is 1. The highest BCUT2D eigenvalue weighted by atomic mass is 16.5. The molecular formula is C15H26N2O. The third-order valence-corrected chi connectivity index (χ3v) is 3.80. The Hall–Kier alpha value is -0.830. The molecule has 18 heavy (non-hydrogen) atoms. The highest BCUT2D eigenvalue weighted by Gasteiger charge is 2.38. The molecule has 0 saturated heterocycles. The molecule has 1 heterocycles. The van der Waals surface area contributed by atoms with Crippen molar-refractivity contribution in [2.24, 2.45) is 10.8 Å². The Morgan fingerprint density at radius 2 is 1.89 bits per heavy atom. The maximum absolute atomic E-state index is 5.10. The van der Waals surface area contributed by atoms with E-state index >= 15 is 0 Å². The molecule has 0 amide bonds. The molecule has 1 aliphatic carbocycles. The van der Waals surface area contributed by atoms with Crippen LogP contribution in [-0.2, 0) is 6.54 Å². The lowest BCUT2D eigenvalue weighted by molar-refractivity contribution is 0.0842. The highest BCUT2D eigenvalue weighted by molar-refractivity contribution is 5.03. The number of aryl methyl sites for hydroxylation is 1. The van der Waals surface area contributed by atoms with Gasteiger partial charge in [0, 0.05) is 18.7 Å². The molecule has 3 nitrogen and oxygen atoms in total. The SMILES string of the molecule is Cc1cc(CNC2CC(C)(C)CC(C)(C)C2)no1. The first kappa shape index (κ1) is 13.6. The summed E-state index contributed by atoms with van der Waals surface area (Å²) in [4.78, 5) is 0. The van der Waals surface area contributed by atoms with Crippen LogP contribution in [0.3, 0.4) is 0 Å². The van der Waals surface area contributed by atoms with Crippen LogP contribution in [0.15, 0.2) is 10.6 Å². The summed E-state index contributed by atoms with van der Waals surface area (Å²) in [6.07, 6.45) is 3.79. The normalized spacial score (nSPS) is 23.2. The molecule has 1 fully saturated rings. The minimum absolute atomic E-state index is 0.430. The van der Waals surface area contributed by atoms with Crippen molar-refractivity contribution in [3.8, 4) is 0 Å². The van der Waals surface area contributed by atoms with Gasteiger partial charge in [-0.1, -0.05) is 32.9 Å². The Balaban J connectivity index is 1.93. The number of nitrogens with zero attached hydrogens (tertiary/aromatic N) is 1. The number of hydrogen-bond donors (Lipinski definition) is 1. The summed E-state index contributed by atoms with van der Waals surface area (Å²) in [7, 11) is 0. The summed E-state index contributed by atoms with van der Waals surface area (Å²) in [5, 5.41) is 7.68. The third kappa shape index (κ3) is 3.58. The van der Waals surface area contributed by atoms with Crippen LogP contribution in [0.4, 0.5) is 0 Å². The Morgan fingerprint density at radius 1 is 1.28 bits per heavy atom. The maximum atomic E-state index is 5.10. The van der Waals surface area contributed by atoms with Crippen LogP contribution in [0.2, 0.25) is 0 Å². The van der Waals surface area contributed by atoms with Gasteiger partial charge in [0.2, 0.25) is 0 Å². The molecule has 0 unspecified atom stereocenters. The van der Waals surface area contributed by atoms with Gasteiger partial charge in [-0.15, -0.1) is 0 Å². The van der Waals surface area contributed by atoms with Gasteiger partial charge in [0.25, 0.3) is 0 Å². The molecule has 1 N–H and O–H groups in total. The summed E-state index contributed by atoms with van der Waals surface area (Å²) in [5.41, 5.74) is 1.87. The third-order valence-electron chi connectivity index (χ3n) is 3.80. The molecule has 102 valence electrons. The van der Waals surface area contributed by atoms with Crippen LogP contribution in [0.25, 0.3) is 0 Å². The summed E-state index contributed by atoms with van der Waals surface area (Å²) in [6, 6.07) is 2.59. The molecule has 0 aromatic carbocycles. The van der Waals surface area contributed by atoms with Gasteiger partial charge in [-0.3, -0.25) is 0 Å². The first-order valence-electron chi connectivity index (χ1n) is 6.91. The Bertz CT molecular complexity index is 390. The molecule has 2 rings (SSSR count). The lowest BCUT2D eigenvalue weighted by atomic mass is 9.63. The zero-order chi connectivity index (χ0) is 13.4. The lowest BCUT2D eigenvalue weighted by Crippen LogP contribution is -2.43. The summed E-state index contributed by atoms with van der Waals surface area (Å²) in [5.74, 6) is 0.885. The molecule has 1 saturated carbocycles.